The molecule has 0 radical (unpaired) electrons. The number of aryl methyl sites for hydroxylation is 4. The molecule has 40 nitrogen and oxygen atoms in total. The molecule has 12 aromatic rings. The number of ether oxygens (including phenoxy) is 4. The fourth-order valence-corrected chi connectivity index (χ4v) is 25.2. The van der Waals surface area contributed by atoms with Gasteiger partial charge in [-0.05, 0) is 237 Å². The number of likely N-dealkylation sites (N-methyl/N-ethyl adjacent to an activating group) is 3. The van der Waals surface area contributed by atoms with E-state index in [4.69, 9.17) is 24.7 Å². The normalized spacial score (nSPS) is 17.8. The van der Waals surface area contributed by atoms with Gasteiger partial charge in [0.25, 0.3) is 23.6 Å². The highest BCUT2D eigenvalue weighted by atomic mass is 32.2. The predicted molar refractivity (Wildman–Crippen MR) is 567 cm³/mol. The Morgan fingerprint density at radius 3 is 0.823 bits per heavy atom. The second-order valence-corrected chi connectivity index (χ2v) is 46.0. The molecule has 8 saturated heterocycles. The molecular formula is C103H122N20O20S4. The third-order valence-electron chi connectivity index (χ3n) is 27.8. The maximum absolute atomic E-state index is 13.7. The van der Waals surface area contributed by atoms with Crippen LogP contribution in [-0.2, 0) is 59.0 Å². The summed E-state index contributed by atoms with van der Waals surface area (Å²) >= 11 is 0. The maximum atomic E-state index is 13.7. The summed E-state index contributed by atoms with van der Waals surface area (Å²) in [5.74, 6) is -1.64. The molecule has 8 aliphatic rings. The lowest BCUT2D eigenvalue weighted by Gasteiger charge is -2.41. The van der Waals surface area contributed by atoms with Gasteiger partial charge in [0.05, 0.1) is 94.7 Å². The van der Waals surface area contributed by atoms with Gasteiger partial charge in [-0.2, -0.15) is 17.2 Å². The summed E-state index contributed by atoms with van der Waals surface area (Å²) in [5.41, 5.74) is 16.8. The van der Waals surface area contributed by atoms with Crippen LogP contribution in [0.15, 0.2) is 209 Å². The van der Waals surface area contributed by atoms with Crippen LogP contribution in [0.4, 0.5) is 45.5 Å². The molecule has 778 valence electrons. The van der Waals surface area contributed by atoms with E-state index < -0.39 is 63.7 Å². The van der Waals surface area contributed by atoms with E-state index in [2.05, 4.69) is 46.1 Å². The van der Waals surface area contributed by atoms with Crippen LogP contribution in [-0.4, -0.2) is 333 Å². The second-order valence-electron chi connectivity index (χ2n) is 38.2. The van der Waals surface area contributed by atoms with Crippen LogP contribution >= 0.6 is 0 Å². The topological polar surface area (TPSA) is 483 Å². The van der Waals surface area contributed by atoms with Gasteiger partial charge in [0.15, 0.2) is 0 Å². The molecule has 20 rings (SSSR count). The summed E-state index contributed by atoms with van der Waals surface area (Å²) in [7, 11) is -5.28. The van der Waals surface area contributed by atoms with Gasteiger partial charge in [-0.15, -0.1) is 0 Å². The Kier molecular flexibility index (Phi) is 31.9. The van der Waals surface area contributed by atoms with E-state index in [0.717, 1.165) is 50.2 Å². The molecule has 0 bridgehead atoms. The highest BCUT2D eigenvalue weighted by molar-refractivity contribution is 7.90. The van der Waals surface area contributed by atoms with Gasteiger partial charge >= 0.3 is 0 Å². The molecule has 12 heterocycles. The monoisotopic (exact) mass is 2090 g/mol. The predicted octanol–water partition coefficient (Wildman–Crippen LogP) is 7.23. The summed E-state index contributed by atoms with van der Waals surface area (Å²) in [6.45, 7) is 20.7. The summed E-state index contributed by atoms with van der Waals surface area (Å²) in [4.78, 5) is 127. The molecule has 4 amide bonds. The third kappa shape index (κ3) is 23.8. The smallest absolute Gasteiger partial charge is 0.257 e. The van der Waals surface area contributed by atoms with Crippen LogP contribution in [0.5, 0.6) is 0 Å². The van der Waals surface area contributed by atoms with Crippen molar-refractivity contribution in [2.45, 2.75) is 71.8 Å². The molecule has 147 heavy (non-hydrogen) atoms. The number of anilines is 8. The van der Waals surface area contributed by atoms with Crippen LogP contribution in [0.1, 0.15) is 70.1 Å². The summed E-state index contributed by atoms with van der Waals surface area (Å²) in [6, 6.07) is 46.2. The van der Waals surface area contributed by atoms with Crippen LogP contribution in [0.25, 0.3) is 43.6 Å². The van der Waals surface area contributed by atoms with Crippen LogP contribution in [0.2, 0.25) is 0 Å². The number of rotatable bonds is 22. The number of carbonyl (C=O) groups excluding carboxylic acids is 4. The molecule has 8 aromatic carbocycles. The number of pyridine rings is 4. The number of hydrogen-bond acceptors (Lipinski definition) is 28. The summed E-state index contributed by atoms with van der Waals surface area (Å²) < 4.78 is 134. The number of nitrogens with one attached hydrogen (secondary N) is 8. The number of aromatic nitrogens is 4. The standard InChI is InChI=1S/C27H33N5O5S.2C26H31N5O5S.C24H27N5O5S/c1-18-14-26(33)29-24-6-4-19(15-22(18)24)28-27(34)23-16-21(5-7-25(23)31-10-12-37-13-11-31)38(35,36)32-9-8-20(17-32)30(2)3;1-17-12-25(32)28-23-6-4-18(13-21(17)23)27-26(33)22-14-20(5-7-24(22)30-8-10-36-11-9-30)37(34,35)31-15-19(16-31)29(2)3;1-18-15-25(32)28-23-5-3-19(16-21(18)23)27-26(33)22-17-20(4-6-24(22)30-11-13-36-14-12-30)37(34,35)31-9-7-29(2)8-10-31;1-15-10-23(30)27-21-4-2-17(11-19(15)21)26-24(31)20-12-18(35(32,33)29-13-16(25)14-29)3-5-22(20)28-6-8-34-9-7-28/h4-7,14-16,20H,8-13,17H2,1-3H3,(H,28,34)(H,29,33);4-7,12-14,19H,8-11,15-16H2,1-3H3,(H,27,33)(H,28,32);3-6,15-17H,7-14H2,1-2H3,(H,27,33)(H,28,32);2-5,10-12,16H,6-9,13-14,25H2,1H3,(H,26,31)(H,27,30). The van der Waals surface area contributed by atoms with Gasteiger partial charge in [-0.3, -0.25) is 38.4 Å². The van der Waals surface area contributed by atoms with Crippen molar-refractivity contribution in [2.75, 3.05) is 247 Å². The lowest BCUT2D eigenvalue weighted by molar-refractivity contribution is 0.101. The molecular weight excluding hydrogens is 1970 g/mol. The Morgan fingerprint density at radius 1 is 0.313 bits per heavy atom. The number of nitrogens with two attached hydrogens (primary N) is 1. The van der Waals surface area contributed by atoms with E-state index in [1.165, 1.54) is 71.8 Å². The van der Waals surface area contributed by atoms with Gasteiger partial charge in [-0.1, -0.05) is 0 Å². The maximum Gasteiger partial charge on any atom is 0.257 e. The lowest BCUT2D eigenvalue weighted by atomic mass is 10.1. The number of piperazine rings is 1. The molecule has 44 heteroatoms. The highest BCUT2D eigenvalue weighted by Gasteiger charge is 2.41. The number of amides is 4. The van der Waals surface area contributed by atoms with Gasteiger partial charge in [0.1, 0.15) is 0 Å². The quantitative estimate of drug-likeness (QED) is 0.0323. The molecule has 0 saturated carbocycles. The molecule has 0 spiro atoms. The number of carbonyl (C=O) groups is 4. The van der Waals surface area contributed by atoms with Crippen LogP contribution in [0.3, 0.4) is 0 Å². The zero-order valence-corrected chi connectivity index (χ0v) is 86.6. The largest absolute Gasteiger partial charge is 0.378 e. The fourth-order valence-electron chi connectivity index (χ4n) is 19.1. The molecule has 0 aliphatic carbocycles. The van der Waals surface area contributed by atoms with Gasteiger partial charge < -0.3 is 100 Å². The first kappa shape index (κ1) is 105. The Balaban J connectivity index is 0.000000134. The summed E-state index contributed by atoms with van der Waals surface area (Å²) in [5, 5.41) is 14.9. The first-order valence-electron chi connectivity index (χ1n) is 48.7. The van der Waals surface area contributed by atoms with Crippen molar-refractivity contribution in [1.82, 2.24) is 51.9 Å². The number of sulfonamides is 4. The molecule has 8 aliphatic heterocycles. The van der Waals surface area contributed by atoms with Crippen molar-refractivity contribution < 1.29 is 71.8 Å². The van der Waals surface area contributed by atoms with Crippen molar-refractivity contribution in [1.29, 1.82) is 0 Å². The van der Waals surface area contributed by atoms with E-state index in [1.807, 2.05) is 92.3 Å². The van der Waals surface area contributed by atoms with E-state index in [0.29, 0.717) is 225 Å². The summed E-state index contributed by atoms with van der Waals surface area (Å²) in [6.07, 6.45) is 0.762. The van der Waals surface area contributed by atoms with Crippen molar-refractivity contribution in [3.05, 3.63) is 256 Å². The number of morpholine rings is 4. The first-order valence-corrected chi connectivity index (χ1v) is 54.4. The van der Waals surface area contributed by atoms with Crippen molar-refractivity contribution in [2.24, 2.45) is 5.73 Å². The molecule has 4 aromatic heterocycles. The van der Waals surface area contributed by atoms with Crippen LogP contribution in [0, 0.1) is 27.7 Å². The van der Waals surface area contributed by atoms with E-state index in [9.17, 15) is 72.0 Å². The Labute approximate surface area is 851 Å². The van der Waals surface area contributed by atoms with E-state index >= 15 is 0 Å². The average Bonchev–Trinajstić information content (AvgIpc) is 1.24. The number of hydrogen-bond donors (Lipinski definition) is 9. The zero-order valence-electron chi connectivity index (χ0n) is 83.3. The van der Waals surface area contributed by atoms with Gasteiger partial charge in [0, 0.05) is 249 Å². The lowest BCUT2D eigenvalue weighted by Crippen LogP contribution is -2.59. The molecule has 1 atom stereocenters. The number of fused-ring (bicyclic) bond motifs is 4. The minimum absolute atomic E-state index is 0.0542. The number of aromatic amines is 4. The van der Waals surface area contributed by atoms with E-state index in [-0.39, 0.29) is 95.3 Å². The number of H-pyrrole nitrogens is 4. The molecule has 10 N–H and O–H groups in total. The van der Waals surface area contributed by atoms with Crippen molar-refractivity contribution in [3.8, 4) is 0 Å². The minimum atomic E-state index is -3.77. The molecule has 8 fully saturated rings. The van der Waals surface area contributed by atoms with Gasteiger partial charge in [-0.25, -0.2) is 33.7 Å². The van der Waals surface area contributed by atoms with Gasteiger partial charge in [0.2, 0.25) is 62.3 Å². The minimum Gasteiger partial charge on any atom is -0.378 e. The second kappa shape index (κ2) is 44.6. The number of benzene rings is 8. The Hall–Kier alpha value is -13.0. The Morgan fingerprint density at radius 2 is 0.565 bits per heavy atom. The SMILES string of the molecule is Cc1cc(=O)[nH]c2ccc(NC(=O)c3cc(S(=O)(=O)N4CC(N(C)C)C4)ccc3N3CCOCC3)cc12.Cc1cc(=O)[nH]c2ccc(NC(=O)c3cc(S(=O)(=O)N4CC(N)C4)ccc3N3CCOCC3)cc12.Cc1cc(=O)[nH]c2ccc(NC(=O)c3cc(S(=O)(=O)N4CCC(N(C)C)C4)ccc3N3CCOCC3)cc12.Cc1cc(=O)[nH]c2ccc(NC(=O)c3cc(S(=O)(=O)N4CCN(C)CC4)ccc3N3CCOCC3)cc12. The molecule has 1 unspecified atom stereocenters. The fraction of sp³-hybridized carbons (Fsp3) is 0.379. The third-order valence-corrected chi connectivity index (χ3v) is 35.2. The van der Waals surface area contributed by atoms with Crippen LogP contribution < -0.4 is 68.8 Å². The zero-order chi connectivity index (χ0) is 104. The Bertz CT molecular complexity index is 7800. The highest BCUT2D eigenvalue weighted by Crippen LogP contribution is 2.38. The van der Waals surface area contributed by atoms with Crippen molar-refractivity contribution in [3.63, 3.8) is 0 Å². The first-order chi connectivity index (χ1) is 70.2. The van der Waals surface area contributed by atoms with Crippen molar-refractivity contribution >= 4 is 153 Å². The number of nitrogens with zero attached hydrogens (tertiary/aromatic N) is 11. The van der Waals surface area contributed by atoms with E-state index in [1.54, 1.807) is 115 Å². The average molecular weight is 2090 g/mol.